The van der Waals surface area contributed by atoms with E-state index in [1.165, 1.54) is 12.7 Å². The van der Waals surface area contributed by atoms with Gasteiger partial charge in [-0.1, -0.05) is 6.07 Å². The molecule has 1 saturated heterocycles. The first kappa shape index (κ1) is 40.6. The molecule has 0 aliphatic carbocycles. The van der Waals surface area contributed by atoms with Crippen molar-refractivity contribution in [2.75, 3.05) is 13.2 Å². The Morgan fingerprint density at radius 2 is 1.49 bits per heavy atom. The second-order valence-corrected chi connectivity index (χ2v) is 12.8. The Morgan fingerprint density at radius 1 is 0.906 bits per heavy atom. The Kier molecular flexibility index (Phi) is 13.8. The van der Waals surface area contributed by atoms with Gasteiger partial charge < -0.3 is 23.7 Å². The second kappa shape index (κ2) is 18.0. The zero-order valence-corrected chi connectivity index (χ0v) is 29.5. The molecule has 0 amide bonds. The molecule has 0 N–H and O–H groups in total. The summed E-state index contributed by atoms with van der Waals surface area (Å²) in [5.74, 6) is -5.84. The van der Waals surface area contributed by atoms with Crippen molar-refractivity contribution < 1.29 is 69.8 Å². The first-order chi connectivity index (χ1) is 25.1. The highest BCUT2D eigenvalue weighted by atomic mass is 31.2. The van der Waals surface area contributed by atoms with Crippen molar-refractivity contribution in [1.82, 2.24) is 29.5 Å². The molecular weight excluding hydrogens is 735 g/mol. The highest BCUT2D eigenvalue weighted by Crippen LogP contribution is 2.58. The van der Waals surface area contributed by atoms with Crippen LogP contribution in [0.3, 0.4) is 0 Å². The maximum absolute atomic E-state index is 15.8. The Morgan fingerprint density at radius 3 is 2.00 bits per heavy atom. The fourth-order valence-corrected chi connectivity index (χ4v) is 6.77. The summed E-state index contributed by atoms with van der Waals surface area (Å²) in [5, 5.41) is 17.3. The number of nitriles is 1. The van der Waals surface area contributed by atoms with Gasteiger partial charge in [0.25, 0.3) is 0 Å². The molecule has 0 saturated carbocycles. The third-order valence-electron chi connectivity index (χ3n) is 7.12. The summed E-state index contributed by atoms with van der Waals surface area (Å²) in [4.78, 5) is 56.4. The van der Waals surface area contributed by atoms with Gasteiger partial charge in [0.1, 0.15) is 55.3 Å². The lowest BCUT2D eigenvalue weighted by Crippen LogP contribution is -2.62. The molecule has 1 unspecified atom stereocenters. The quantitative estimate of drug-likeness (QED) is 0.0823. The van der Waals surface area contributed by atoms with Gasteiger partial charge >= 0.3 is 31.7 Å². The number of ether oxygens (including phenoxy) is 5. The first-order valence-electron chi connectivity index (χ1n) is 15.5. The van der Waals surface area contributed by atoms with Crippen molar-refractivity contribution in [3.05, 3.63) is 60.7 Å². The van der Waals surface area contributed by atoms with E-state index in [4.69, 9.17) is 37.3 Å². The summed E-state index contributed by atoms with van der Waals surface area (Å²) in [5.41, 5.74) is -2.68. The van der Waals surface area contributed by atoms with E-state index in [9.17, 15) is 28.8 Å². The molecule has 23 heteroatoms. The van der Waals surface area contributed by atoms with Crippen molar-refractivity contribution in [1.29, 1.82) is 5.26 Å². The third kappa shape index (κ3) is 11.1. The molecule has 1 fully saturated rings. The van der Waals surface area contributed by atoms with E-state index in [-0.39, 0.29) is 6.42 Å². The Labute approximate surface area is 299 Å². The van der Waals surface area contributed by atoms with E-state index in [0.717, 1.165) is 61.8 Å². The molecule has 1 aliphatic rings. The highest BCUT2D eigenvalue weighted by Gasteiger charge is 2.56. The van der Waals surface area contributed by atoms with Crippen molar-refractivity contribution >= 4 is 31.7 Å². The number of benzene rings is 1. The molecule has 3 aromatic rings. The molecular formula is C30H34F2N7O13P. The lowest BCUT2D eigenvalue weighted by molar-refractivity contribution is -0.292. The number of halogens is 2. The van der Waals surface area contributed by atoms with Crippen LogP contribution in [0.25, 0.3) is 0 Å². The van der Waals surface area contributed by atoms with E-state index in [1.807, 2.05) is 0 Å². The van der Waals surface area contributed by atoms with E-state index in [2.05, 4.69) is 20.2 Å². The summed E-state index contributed by atoms with van der Waals surface area (Å²) in [7, 11) is -5.33. The van der Waals surface area contributed by atoms with Gasteiger partial charge in [0.15, 0.2) is 18.3 Å². The number of esters is 4. The minimum absolute atomic E-state index is 0.390. The number of hydrogen-bond acceptors (Lipinski definition) is 18. The normalized spacial score (nSPS) is 21.1. The largest absolute Gasteiger partial charge is 0.478 e. The average molecular weight is 770 g/mol. The third-order valence-corrected chi connectivity index (χ3v) is 8.66. The van der Waals surface area contributed by atoms with Crippen molar-refractivity contribution in [2.24, 2.45) is 0 Å². The zero-order chi connectivity index (χ0) is 38.8. The van der Waals surface area contributed by atoms with Gasteiger partial charge in [-0.3, -0.25) is 32.7 Å². The number of aromatic nitrogens is 6. The van der Waals surface area contributed by atoms with Crippen LogP contribution in [0, 0.1) is 23.0 Å². The summed E-state index contributed by atoms with van der Waals surface area (Å²) >= 11 is 0. The van der Waals surface area contributed by atoms with Gasteiger partial charge in [-0.05, 0) is 6.07 Å². The van der Waals surface area contributed by atoms with Crippen LogP contribution in [-0.2, 0) is 79.7 Å². The summed E-state index contributed by atoms with van der Waals surface area (Å²) in [6, 6.07) is 4.24. The molecule has 0 spiro atoms. The lowest BCUT2D eigenvalue weighted by Gasteiger charge is -2.45. The standard InChI is InChI=1S/C30H34F2N7O13P/c1-18(40)45-11-25-26(47-19(2)41)27(48-20(3)42)28(49-21(4)43)29(50-25)51-53(44,46-9-5-8-33)52-30(12-38-16-34-14-36-38,13-39-17-35-15-37-39)23-7-6-22(31)10-24(23)32/h6-7,10,14-17,25-29H,5,9,11-13H2,1-4H3/t25-,26-,27+,28-,29+,53?/m0/s1. The number of rotatable bonds is 17. The van der Waals surface area contributed by atoms with Gasteiger partial charge in [0.05, 0.1) is 32.2 Å². The second-order valence-electron chi connectivity index (χ2n) is 11.3. The average Bonchev–Trinajstić information content (AvgIpc) is 3.77. The molecule has 3 heterocycles. The minimum Gasteiger partial charge on any atom is -0.463 e. The maximum Gasteiger partial charge on any atom is 0.478 e. The van der Waals surface area contributed by atoms with Crippen LogP contribution in [-0.4, -0.2) is 97.3 Å². The molecule has 0 bridgehead atoms. The molecule has 20 nitrogen and oxygen atoms in total. The Balaban J connectivity index is 1.90. The number of carbonyl (C=O) groups excluding carboxylic acids is 4. The number of nitrogens with zero attached hydrogens (tertiary/aromatic N) is 7. The van der Waals surface area contributed by atoms with E-state index < -0.39 is 112 Å². The zero-order valence-electron chi connectivity index (χ0n) is 28.6. The molecule has 4 rings (SSSR count). The molecule has 53 heavy (non-hydrogen) atoms. The van der Waals surface area contributed by atoms with Crippen molar-refractivity contribution in [3.8, 4) is 6.07 Å². The summed E-state index contributed by atoms with van der Waals surface area (Å²) < 4.78 is 92.2. The molecule has 1 aromatic carbocycles. The van der Waals surface area contributed by atoms with Crippen LogP contribution in [0.1, 0.15) is 39.7 Å². The van der Waals surface area contributed by atoms with Crippen LogP contribution >= 0.6 is 7.82 Å². The monoisotopic (exact) mass is 769 g/mol. The van der Waals surface area contributed by atoms with Crippen LogP contribution in [0.2, 0.25) is 0 Å². The lowest BCUT2D eigenvalue weighted by atomic mass is 9.93. The Hall–Kier alpha value is -5.20. The topological polar surface area (TPSA) is 244 Å². The van der Waals surface area contributed by atoms with Crippen molar-refractivity contribution in [3.63, 3.8) is 0 Å². The van der Waals surface area contributed by atoms with Crippen LogP contribution < -0.4 is 0 Å². The Bertz CT molecular complexity index is 1790. The van der Waals surface area contributed by atoms with Gasteiger partial charge in [-0.15, -0.1) is 0 Å². The maximum atomic E-state index is 15.8. The number of hydrogen-bond donors (Lipinski definition) is 0. The fraction of sp³-hybridized carbons (Fsp3) is 0.500. The first-order valence-corrected chi connectivity index (χ1v) is 17.0. The minimum atomic E-state index is -5.33. The predicted molar refractivity (Wildman–Crippen MR) is 166 cm³/mol. The van der Waals surface area contributed by atoms with E-state index in [0.29, 0.717) is 6.07 Å². The van der Waals surface area contributed by atoms with Gasteiger partial charge in [-0.25, -0.2) is 32.7 Å². The highest BCUT2D eigenvalue weighted by molar-refractivity contribution is 7.48. The SMILES string of the molecule is CC(=O)OC[C@@H]1O[C@H](OP(=O)(OCCC#N)OC(Cn2cncn2)(Cn2cncn2)c2ccc(F)cc2F)[C@@H](OC(C)=O)[C@H](OC(C)=O)[C@H]1OC(C)=O. The fourth-order valence-electron chi connectivity index (χ4n) is 5.23. The van der Waals surface area contributed by atoms with E-state index in [1.54, 1.807) is 6.07 Å². The van der Waals surface area contributed by atoms with E-state index >= 15 is 8.96 Å². The van der Waals surface area contributed by atoms with Crippen LogP contribution in [0.4, 0.5) is 8.78 Å². The predicted octanol–water partition coefficient (Wildman–Crippen LogP) is 1.90. The molecule has 286 valence electrons. The summed E-state index contributed by atoms with van der Waals surface area (Å²) in [6.45, 7) is 1.68. The summed E-state index contributed by atoms with van der Waals surface area (Å²) in [6.07, 6.45) is -4.60. The molecule has 2 aromatic heterocycles. The number of phosphoric ester groups is 1. The van der Waals surface area contributed by atoms with Gasteiger partial charge in [0, 0.05) is 39.3 Å². The van der Waals surface area contributed by atoms with Gasteiger partial charge in [0.2, 0.25) is 6.29 Å². The number of phosphoric acid groups is 1. The smallest absolute Gasteiger partial charge is 0.463 e. The van der Waals surface area contributed by atoms with Crippen LogP contribution in [0.15, 0.2) is 43.5 Å². The van der Waals surface area contributed by atoms with Crippen molar-refractivity contribution in [2.45, 2.75) is 83.5 Å². The molecule has 1 aliphatic heterocycles. The molecule has 0 radical (unpaired) electrons. The van der Waals surface area contributed by atoms with Gasteiger partial charge in [-0.2, -0.15) is 15.5 Å². The van der Waals surface area contributed by atoms with Crippen LogP contribution in [0.5, 0.6) is 0 Å². The number of carbonyl (C=O) groups is 4. The molecule has 6 atom stereocenters.